The van der Waals surface area contributed by atoms with E-state index in [1.807, 2.05) is 24.3 Å². The van der Waals surface area contributed by atoms with Gasteiger partial charge in [-0.05, 0) is 18.6 Å². The first-order chi connectivity index (χ1) is 10.3. The highest BCUT2D eigenvalue weighted by Gasteiger charge is 2.12. The Morgan fingerprint density at radius 2 is 2.10 bits per heavy atom. The molecule has 6 nitrogen and oxygen atoms in total. The molecule has 1 aromatic heterocycles. The van der Waals surface area contributed by atoms with Crippen molar-refractivity contribution in [3.63, 3.8) is 0 Å². The number of aliphatic hydroxyl groups is 1. The summed E-state index contributed by atoms with van der Waals surface area (Å²) in [5, 5.41) is 17.4. The summed E-state index contributed by atoms with van der Waals surface area (Å²) in [4.78, 5) is 0. The number of benzene rings is 1. The molecular formula is C15H21N3O3. The summed E-state index contributed by atoms with van der Waals surface area (Å²) in [5.41, 5.74) is 1.38. The van der Waals surface area contributed by atoms with Gasteiger partial charge in [-0.2, -0.15) is 0 Å². The number of rotatable bonds is 8. The number of hydrogen-bond acceptors (Lipinski definition) is 5. The Hall–Kier alpha value is -2.08. The lowest BCUT2D eigenvalue weighted by molar-refractivity contribution is 0.260. The van der Waals surface area contributed by atoms with Gasteiger partial charge in [0.05, 0.1) is 13.7 Å². The molecule has 6 heteroatoms. The summed E-state index contributed by atoms with van der Waals surface area (Å²) < 4.78 is 12.7. The van der Waals surface area contributed by atoms with E-state index >= 15 is 0 Å². The molecule has 0 aliphatic heterocycles. The van der Waals surface area contributed by atoms with E-state index in [-0.39, 0.29) is 6.61 Å². The molecule has 0 unspecified atom stereocenters. The molecular weight excluding hydrogens is 270 g/mol. The monoisotopic (exact) mass is 291 g/mol. The Morgan fingerprint density at radius 1 is 1.29 bits per heavy atom. The van der Waals surface area contributed by atoms with Crippen molar-refractivity contribution in [1.29, 1.82) is 0 Å². The van der Waals surface area contributed by atoms with Crippen LogP contribution in [0.3, 0.4) is 0 Å². The molecule has 2 aromatic rings. The number of aryl methyl sites for hydroxylation is 1. The number of nitrogens with zero attached hydrogens (tertiary/aromatic N) is 3. The summed E-state index contributed by atoms with van der Waals surface area (Å²) in [6, 6.07) is 7.41. The van der Waals surface area contributed by atoms with Crippen LogP contribution in [0.4, 0.5) is 0 Å². The van der Waals surface area contributed by atoms with Crippen molar-refractivity contribution in [3.8, 4) is 11.5 Å². The average molecular weight is 291 g/mol. The van der Waals surface area contributed by atoms with Crippen LogP contribution in [0.2, 0.25) is 0 Å². The lowest BCUT2D eigenvalue weighted by Crippen LogP contribution is -2.09. The quantitative estimate of drug-likeness (QED) is 0.807. The molecule has 0 amide bonds. The van der Waals surface area contributed by atoms with Gasteiger partial charge in [-0.25, -0.2) is 4.68 Å². The predicted molar refractivity (Wildman–Crippen MR) is 78.2 cm³/mol. The van der Waals surface area contributed by atoms with E-state index in [0.29, 0.717) is 18.1 Å². The standard InChI is InChI=1S/C15H21N3O3/c1-3-4-8-18-15(14(10-19)16-17-18)11-21-13-7-5-6-12(9-13)20-2/h5-7,9,19H,3-4,8,10-11H2,1-2H3. The zero-order valence-electron chi connectivity index (χ0n) is 12.5. The normalized spacial score (nSPS) is 10.6. The Balaban J connectivity index is 2.08. The SMILES string of the molecule is CCCCn1nnc(CO)c1COc1cccc(OC)c1. The van der Waals surface area contributed by atoms with Gasteiger partial charge in [-0.15, -0.1) is 5.10 Å². The van der Waals surface area contributed by atoms with Gasteiger partial charge in [0, 0.05) is 12.6 Å². The number of ether oxygens (including phenoxy) is 2. The van der Waals surface area contributed by atoms with E-state index < -0.39 is 0 Å². The van der Waals surface area contributed by atoms with Gasteiger partial charge in [0.15, 0.2) is 0 Å². The smallest absolute Gasteiger partial charge is 0.132 e. The zero-order chi connectivity index (χ0) is 15.1. The van der Waals surface area contributed by atoms with Crippen LogP contribution in [0.15, 0.2) is 24.3 Å². The number of aromatic nitrogens is 3. The molecule has 1 N–H and O–H groups in total. The van der Waals surface area contributed by atoms with E-state index in [9.17, 15) is 5.11 Å². The summed E-state index contributed by atoms with van der Waals surface area (Å²) >= 11 is 0. The molecule has 0 saturated heterocycles. The number of hydrogen-bond donors (Lipinski definition) is 1. The van der Waals surface area contributed by atoms with E-state index in [1.165, 1.54) is 0 Å². The Bertz CT molecular complexity index is 569. The van der Waals surface area contributed by atoms with Crippen molar-refractivity contribution in [2.24, 2.45) is 0 Å². The zero-order valence-corrected chi connectivity index (χ0v) is 12.5. The minimum Gasteiger partial charge on any atom is -0.497 e. The van der Waals surface area contributed by atoms with Crippen LogP contribution >= 0.6 is 0 Å². The summed E-state index contributed by atoms with van der Waals surface area (Å²) in [5.74, 6) is 1.45. The van der Waals surface area contributed by atoms with Crippen molar-refractivity contribution in [3.05, 3.63) is 35.7 Å². The van der Waals surface area contributed by atoms with Gasteiger partial charge in [-0.1, -0.05) is 24.6 Å². The maximum Gasteiger partial charge on any atom is 0.132 e. The average Bonchev–Trinajstić information content (AvgIpc) is 2.93. The van der Waals surface area contributed by atoms with Crippen LogP contribution in [0, 0.1) is 0 Å². The third-order valence-corrected chi connectivity index (χ3v) is 3.21. The lowest BCUT2D eigenvalue weighted by Gasteiger charge is -2.10. The molecule has 0 aliphatic rings. The Kier molecular flexibility index (Phi) is 5.57. The van der Waals surface area contributed by atoms with Gasteiger partial charge in [-0.3, -0.25) is 0 Å². The Labute approximate surface area is 124 Å². The first-order valence-corrected chi connectivity index (χ1v) is 7.07. The van der Waals surface area contributed by atoms with Crippen molar-refractivity contribution < 1.29 is 14.6 Å². The summed E-state index contributed by atoms with van der Waals surface area (Å²) in [7, 11) is 1.62. The molecule has 0 atom stereocenters. The van der Waals surface area contributed by atoms with Crippen LogP contribution in [-0.4, -0.2) is 27.2 Å². The first kappa shape index (κ1) is 15.3. The second kappa shape index (κ2) is 7.64. The van der Waals surface area contributed by atoms with E-state index in [4.69, 9.17) is 9.47 Å². The van der Waals surface area contributed by atoms with Crippen LogP contribution in [0.25, 0.3) is 0 Å². The summed E-state index contributed by atoms with van der Waals surface area (Å²) in [6.45, 7) is 3.08. The molecule has 2 rings (SSSR count). The predicted octanol–water partition coefficient (Wildman–Crippen LogP) is 2.16. The van der Waals surface area contributed by atoms with Crippen molar-refractivity contribution >= 4 is 0 Å². The fourth-order valence-electron chi connectivity index (χ4n) is 1.98. The van der Waals surface area contributed by atoms with Crippen LogP contribution in [0.1, 0.15) is 31.2 Å². The molecule has 114 valence electrons. The second-order valence-corrected chi connectivity index (χ2v) is 4.69. The van der Waals surface area contributed by atoms with E-state index in [1.54, 1.807) is 11.8 Å². The largest absolute Gasteiger partial charge is 0.497 e. The third kappa shape index (κ3) is 3.95. The maximum atomic E-state index is 9.35. The highest BCUT2D eigenvalue weighted by molar-refractivity contribution is 5.33. The molecule has 0 saturated carbocycles. The van der Waals surface area contributed by atoms with Gasteiger partial charge in [0.2, 0.25) is 0 Å². The topological polar surface area (TPSA) is 69.4 Å². The van der Waals surface area contributed by atoms with E-state index in [2.05, 4.69) is 17.2 Å². The molecule has 0 fully saturated rings. The number of methoxy groups -OCH3 is 1. The number of aliphatic hydroxyl groups excluding tert-OH is 1. The van der Waals surface area contributed by atoms with Crippen LogP contribution < -0.4 is 9.47 Å². The van der Waals surface area contributed by atoms with Gasteiger partial charge in [0.1, 0.15) is 29.5 Å². The van der Waals surface area contributed by atoms with Crippen molar-refractivity contribution in [2.75, 3.05) is 7.11 Å². The molecule has 0 bridgehead atoms. The molecule has 0 aliphatic carbocycles. The minimum absolute atomic E-state index is 0.136. The minimum atomic E-state index is -0.136. The van der Waals surface area contributed by atoms with Crippen molar-refractivity contribution in [1.82, 2.24) is 15.0 Å². The van der Waals surface area contributed by atoms with Gasteiger partial charge >= 0.3 is 0 Å². The molecule has 1 aromatic carbocycles. The van der Waals surface area contributed by atoms with Gasteiger partial charge < -0.3 is 14.6 Å². The van der Waals surface area contributed by atoms with Crippen LogP contribution in [0.5, 0.6) is 11.5 Å². The molecule has 0 radical (unpaired) electrons. The van der Waals surface area contributed by atoms with Gasteiger partial charge in [0.25, 0.3) is 0 Å². The first-order valence-electron chi connectivity index (χ1n) is 7.07. The van der Waals surface area contributed by atoms with Crippen LogP contribution in [-0.2, 0) is 19.8 Å². The summed E-state index contributed by atoms with van der Waals surface area (Å²) in [6.07, 6.45) is 2.09. The fraction of sp³-hybridized carbons (Fsp3) is 0.467. The van der Waals surface area contributed by atoms with Crippen molar-refractivity contribution in [2.45, 2.75) is 39.5 Å². The second-order valence-electron chi connectivity index (χ2n) is 4.69. The maximum absolute atomic E-state index is 9.35. The fourth-order valence-corrected chi connectivity index (χ4v) is 1.98. The van der Waals surface area contributed by atoms with E-state index in [0.717, 1.165) is 30.8 Å². The Morgan fingerprint density at radius 3 is 2.81 bits per heavy atom. The highest BCUT2D eigenvalue weighted by atomic mass is 16.5. The highest BCUT2D eigenvalue weighted by Crippen LogP contribution is 2.20. The molecule has 21 heavy (non-hydrogen) atoms. The molecule has 0 spiro atoms. The number of unbranched alkanes of at least 4 members (excludes halogenated alkanes) is 1. The molecule has 1 heterocycles. The lowest BCUT2D eigenvalue weighted by atomic mass is 10.3. The third-order valence-electron chi connectivity index (χ3n) is 3.21.